The van der Waals surface area contributed by atoms with Crippen molar-refractivity contribution in [2.75, 3.05) is 6.54 Å². The summed E-state index contributed by atoms with van der Waals surface area (Å²) in [7, 11) is 0. The Bertz CT molecular complexity index is 551. The average Bonchev–Trinajstić information content (AvgIpc) is 2.46. The molecule has 0 spiro atoms. The summed E-state index contributed by atoms with van der Waals surface area (Å²) in [6.45, 7) is 0.739. The van der Waals surface area contributed by atoms with E-state index in [2.05, 4.69) is 4.98 Å². The number of ketones is 1. The number of carbonyl (C=O) groups excluding carboxylic acids is 1. The number of Topliss-reactive ketones (excluding diaryl/α,β-unsaturated/α-hetero) is 1. The van der Waals surface area contributed by atoms with Gasteiger partial charge in [0.1, 0.15) is 0 Å². The quantitative estimate of drug-likeness (QED) is 0.610. The second-order valence-electron chi connectivity index (χ2n) is 4.79. The van der Waals surface area contributed by atoms with E-state index in [0.717, 1.165) is 48.7 Å². The largest absolute Gasteiger partial charge is 0.330 e. The van der Waals surface area contributed by atoms with E-state index >= 15 is 0 Å². The summed E-state index contributed by atoms with van der Waals surface area (Å²) in [5.41, 5.74) is 7.09. The number of unbranched alkanes of at least 4 members (excludes halogenated alkanes) is 3. The number of hydrogen-bond acceptors (Lipinski definition) is 3. The van der Waals surface area contributed by atoms with Gasteiger partial charge in [-0.3, -0.25) is 9.78 Å². The topological polar surface area (TPSA) is 56.0 Å². The van der Waals surface area contributed by atoms with E-state index in [0.29, 0.717) is 6.42 Å². The SMILES string of the molecule is NCCCCCCC(=O)c1cnc2ccccc2c1. The zero-order valence-corrected chi connectivity index (χ0v) is 11.1. The Hall–Kier alpha value is -1.74. The van der Waals surface area contributed by atoms with E-state index in [-0.39, 0.29) is 5.78 Å². The molecule has 0 amide bonds. The minimum Gasteiger partial charge on any atom is -0.330 e. The summed E-state index contributed by atoms with van der Waals surface area (Å²) < 4.78 is 0. The highest BCUT2D eigenvalue weighted by Gasteiger charge is 2.06. The highest BCUT2D eigenvalue weighted by Crippen LogP contribution is 2.15. The number of nitrogens with two attached hydrogens (primary N) is 1. The molecular formula is C16H20N2O. The van der Waals surface area contributed by atoms with Gasteiger partial charge in [0, 0.05) is 23.6 Å². The molecule has 1 aromatic heterocycles. The van der Waals surface area contributed by atoms with Gasteiger partial charge in [0.05, 0.1) is 5.52 Å². The van der Waals surface area contributed by atoms with Crippen molar-refractivity contribution in [3.8, 4) is 0 Å². The Labute approximate surface area is 113 Å². The molecular weight excluding hydrogens is 236 g/mol. The lowest BCUT2D eigenvalue weighted by Crippen LogP contribution is -2.01. The predicted octanol–water partition coefficient (Wildman–Crippen LogP) is 3.33. The van der Waals surface area contributed by atoms with Crippen LogP contribution in [0.1, 0.15) is 42.5 Å². The zero-order chi connectivity index (χ0) is 13.5. The highest BCUT2D eigenvalue weighted by molar-refractivity contribution is 5.98. The van der Waals surface area contributed by atoms with Crippen LogP contribution in [0.15, 0.2) is 36.5 Å². The number of pyridine rings is 1. The van der Waals surface area contributed by atoms with Crippen LogP contribution in [0, 0.1) is 0 Å². The predicted molar refractivity (Wildman–Crippen MR) is 78.2 cm³/mol. The fourth-order valence-corrected chi connectivity index (χ4v) is 2.15. The molecule has 3 heteroatoms. The van der Waals surface area contributed by atoms with E-state index in [1.165, 1.54) is 0 Å². The van der Waals surface area contributed by atoms with Gasteiger partial charge in [-0.25, -0.2) is 0 Å². The van der Waals surface area contributed by atoms with Crippen molar-refractivity contribution >= 4 is 16.7 Å². The van der Waals surface area contributed by atoms with Crippen LogP contribution in [0.25, 0.3) is 10.9 Å². The summed E-state index contributed by atoms with van der Waals surface area (Å²) in [5.74, 6) is 0.186. The van der Waals surface area contributed by atoms with Crippen molar-refractivity contribution in [3.63, 3.8) is 0 Å². The van der Waals surface area contributed by atoms with E-state index < -0.39 is 0 Å². The molecule has 0 aliphatic heterocycles. The molecule has 0 aliphatic carbocycles. The second kappa shape index (κ2) is 7.00. The molecule has 0 unspecified atom stereocenters. The minimum absolute atomic E-state index is 0.186. The van der Waals surface area contributed by atoms with E-state index in [1.54, 1.807) is 6.20 Å². The van der Waals surface area contributed by atoms with Crippen LogP contribution in [0.5, 0.6) is 0 Å². The maximum atomic E-state index is 12.1. The monoisotopic (exact) mass is 256 g/mol. The molecule has 1 aromatic carbocycles. The summed E-state index contributed by atoms with van der Waals surface area (Å²) in [4.78, 5) is 16.4. The van der Waals surface area contributed by atoms with E-state index in [4.69, 9.17) is 5.73 Å². The van der Waals surface area contributed by atoms with Crippen molar-refractivity contribution in [1.29, 1.82) is 0 Å². The number of nitrogens with zero attached hydrogens (tertiary/aromatic N) is 1. The fraction of sp³-hybridized carbons (Fsp3) is 0.375. The van der Waals surface area contributed by atoms with Gasteiger partial charge in [0.2, 0.25) is 0 Å². The summed E-state index contributed by atoms with van der Waals surface area (Å²) >= 11 is 0. The number of para-hydroxylation sites is 1. The lowest BCUT2D eigenvalue weighted by atomic mass is 10.0. The first-order chi connectivity index (χ1) is 9.31. The van der Waals surface area contributed by atoms with Gasteiger partial charge in [-0.1, -0.05) is 31.0 Å². The summed E-state index contributed by atoms with van der Waals surface area (Å²) in [6.07, 6.45) is 6.45. The molecule has 0 saturated carbocycles. The molecule has 2 rings (SSSR count). The summed E-state index contributed by atoms with van der Waals surface area (Å²) in [6, 6.07) is 9.79. The number of fused-ring (bicyclic) bond motifs is 1. The standard InChI is InChI=1S/C16H20N2O/c17-10-6-2-1-3-9-16(19)14-11-13-7-4-5-8-15(13)18-12-14/h4-5,7-8,11-12H,1-3,6,9-10,17H2. The first-order valence-electron chi connectivity index (χ1n) is 6.89. The average molecular weight is 256 g/mol. The van der Waals surface area contributed by atoms with Crippen LogP contribution >= 0.6 is 0 Å². The van der Waals surface area contributed by atoms with Gasteiger partial charge in [-0.15, -0.1) is 0 Å². The molecule has 0 aliphatic rings. The molecule has 0 bridgehead atoms. The number of rotatable bonds is 7. The van der Waals surface area contributed by atoms with Crippen LogP contribution < -0.4 is 5.73 Å². The molecule has 19 heavy (non-hydrogen) atoms. The van der Waals surface area contributed by atoms with Crippen LogP contribution in [-0.4, -0.2) is 17.3 Å². The molecule has 1 heterocycles. The maximum Gasteiger partial charge on any atom is 0.164 e. The van der Waals surface area contributed by atoms with Gasteiger partial charge in [-0.2, -0.15) is 0 Å². The number of benzene rings is 1. The van der Waals surface area contributed by atoms with Crippen LogP contribution in [0.3, 0.4) is 0 Å². The Morgan fingerprint density at radius 1 is 1.11 bits per heavy atom. The van der Waals surface area contributed by atoms with Gasteiger partial charge in [0.15, 0.2) is 5.78 Å². The Morgan fingerprint density at radius 3 is 2.74 bits per heavy atom. The Morgan fingerprint density at radius 2 is 1.89 bits per heavy atom. The number of carbonyl (C=O) groups is 1. The first-order valence-corrected chi connectivity index (χ1v) is 6.89. The van der Waals surface area contributed by atoms with Gasteiger partial charge in [0.25, 0.3) is 0 Å². The smallest absolute Gasteiger partial charge is 0.164 e. The molecule has 0 saturated heterocycles. The van der Waals surface area contributed by atoms with Crippen molar-refractivity contribution in [3.05, 3.63) is 42.1 Å². The fourth-order valence-electron chi connectivity index (χ4n) is 2.15. The molecule has 0 fully saturated rings. The molecule has 2 aromatic rings. The zero-order valence-electron chi connectivity index (χ0n) is 11.1. The van der Waals surface area contributed by atoms with E-state index in [1.807, 2.05) is 30.3 Å². The van der Waals surface area contributed by atoms with Gasteiger partial charge >= 0.3 is 0 Å². The highest BCUT2D eigenvalue weighted by atomic mass is 16.1. The molecule has 100 valence electrons. The van der Waals surface area contributed by atoms with Crippen molar-refractivity contribution in [2.24, 2.45) is 5.73 Å². The third-order valence-corrected chi connectivity index (χ3v) is 3.27. The maximum absolute atomic E-state index is 12.1. The molecule has 3 nitrogen and oxygen atoms in total. The lowest BCUT2D eigenvalue weighted by Gasteiger charge is -2.03. The van der Waals surface area contributed by atoms with Crippen molar-refractivity contribution in [2.45, 2.75) is 32.1 Å². The lowest BCUT2D eigenvalue weighted by molar-refractivity contribution is 0.0979. The Balaban J connectivity index is 1.93. The van der Waals surface area contributed by atoms with Crippen molar-refractivity contribution in [1.82, 2.24) is 4.98 Å². The molecule has 0 atom stereocenters. The molecule has 0 radical (unpaired) electrons. The Kier molecular flexibility index (Phi) is 5.04. The van der Waals surface area contributed by atoms with Gasteiger partial charge < -0.3 is 5.73 Å². The third-order valence-electron chi connectivity index (χ3n) is 3.27. The first kappa shape index (κ1) is 13.7. The molecule has 2 N–H and O–H groups in total. The number of hydrogen-bond donors (Lipinski definition) is 1. The third kappa shape index (κ3) is 3.86. The van der Waals surface area contributed by atoms with E-state index in [9.17, 15) is 4.79 Å². The van der Waals surface area contributed by atoms with Crippen molar-refractivity contribution < 1.29 is 4.79 Å². The minimum atomic E-state index is 0.186. The second-order valence-corrected chi connectivity index (χ2v) is 4.79. The number of aromatic nitrogens is 1. The summed E-state index contributed by atoms with van der Waals surface area (Å²) in [5, 5.41) is 1.02. The van der Waals surface area contributed by atoms with Crippen LogP contribution in [0.4, 0.5) is 0 Å². The van der Waals surface area contributed by atoms with Crippen LogP contribution in [-0.2, 0) is 0 Å². The van der Waals surface area contributed by atoms with Gasteiger partial charge in [-0.05, 0) is 31.5 Å². The normalized spacial score (nSPS) is 10.8. The van der Waals surface area contributed by atoms with Crippen LogP contribution in [0.2, 0.25) is 0 Å².